The van der Waals surface area contributed by atoms with Gasteiger partial charge in [0, 0.05) is 30.9 Å². The number of hydrogen-bond acceptors (Lipinski definition) is 6. The number of likely N-dealkylation sites (N-methyl/N-ethyl adjacent to an activating group) is 1. The van der Waals surface area contributed by atoms with Crippen molar-refractivity contribution in [3.63, 3.8) is 0 Å². The Morgan fingerprint density at radius 3 is 2.38 bits per heavy atom. The molecule has 3 aromatic rings. The van der Waals surface area contributed by atoms with Crippen molar-refractivity contribution in [3.05, 3.63) is 78.4 Å². The molecule has 0 radical (unpaired) electrons. The number of methoxy groups -OCH3 is 1. The Bertz CT molecular complexity index is 1380. The number of carbonyl (C=O) groups is 3. The second-order valence-electron chi connectivity index (χ2n) is 10.3. The first-order valence-electron chi connectivity index (χ1n) is 13.7. The summed E-state index contributed by atoms with van der Waals surface area (Å²) < 4.78 is 11.6. The zero-order chi connectivity index (χ0) is 30.2. The van der Waals surface area contributed by atoms with Crippen LogP contribution >= 0.6 is 0 Å². The van der Waals surface area contributed by atoms with Crippen LogP contribution in [0, 0.1) is 5.92 Å². The number of fused-ring (bicyclic) bond motifs is 1. The first-order chi connectivity index (χ1) is 20.2. The van der Waals surface area contributed by atoms with E-state index in [9.17, 15) is 19.5 Å². The molecule has 0 fully saturated rings. The molecule has 0 bridgehead atoms. The van der Waals surface area contributed by atoms with Crippen LogP contribution in [0.5, 0.6) is 11.5 Å². The van der Waals surface area contributed by atoms with E-state index < -0.39 is 18.2 Å². The van der Waals surface area contributed by atoms with Gasteiger partial charge in [0.2, 0.25) is 0 Å². The summed E-state index contributed by atoms with van der Waals surface area (Å²) in [5, 5.41) is 18.3. The van der Waals surface area contributed by atoms with Gasteiger partial charge >= 0.3 is 12.1 Å². The summed E-state index contributed by atoms with van der Waals surface area (Å²) in [6.07, 6.45) is -0.552. The summed E-state index contributed by atoms with van der Waals surface area (Å²) in [5.74, 6) is 0.285. The Kier molecular flexibility index (Phi) is 9.87. The van der Waals surface area contributed by atoms with Crippen molar-refractivity contribution in [2.75, 3.05) is 49.8 Å². The normalized spacial score (nSPS) is 17.1. The predicted octanol–water partition coefficient (Wildman–Crippen LogP) is 4.72. The largest absolute Gasteiger partial charge is 0.497 e. The number of para-hydroxylation sites is 2. The third kappa shape index (κ3) is 7.29. The quantitative estimate of drug-likeness (QED) is 0.307. The molecule has 1 heterocycles. The lowest BCUT2D eigenvalue weighted by Crippen LogP contribution is -2.50. The maximum absolute atomic E-state index is 13.7. The van der Waals surface area contributed by atoms with Crippen molar-refractivity contribution < 1.29 is 29.0 Å². The van der Waals surface area contributed by atoms with E-state index in [-0.39, 0.29) is 42.3 Å². The summed E-state index contributed by atoms with van der Waals surface area (Å²) >= 11 is 0. The molecule has 0 aromatic heterocycles. The molecule has 3 aromatic carbocycles. The van der Waals surface area contributed by atoms with E-state index in [1.54, 1.807) is 80.6 Å². The molecule has 0 saturated heterocycles. The SMILES string of the molecule is COc1ccc(NC(=O)Nc2cccc3c2O[C@@H](CN(C)C(=O)Nc2ccccc2)[C@@H](C)CN([C@H](C)CO)C3=O)cc1. The third-order valence-corrected chi connectivity index (χ3v) is 7.11. The Balaban J connectivity index is 1.61. The van der Waals surface area contributed by atoms with E-state index in [4.69, 9.17) is 9.47 Å². The van der Waals surface area contributed by atoms with E-state index in [0.717, 1.165) is 0 Å². The smallest absolute Gasteiger partial charge is 0.323 e. The Morgan fingerprint density at radius 2 is 1.71 bits per heavy atom. The second-order valence-corrected chi connectivity index (χ2v) is 10.3. The highest BCUT2D eigenvalue weighted by atomic mass is 16.5. The van der Waals surface area contributed by atoms with Crippen molar-refractivity contribution in [1.82, 2.24) is 9.80 Å². The van der Waals surface area contributed by atoms with E-state index in [1.807, 2.05) is 25.1 Å². The van der Waals surface area contributed by atoms with Crippen molar-refractivity contribution in [2.45, 2.75) is 26.0 Å². The molecule has 0 saturated carbocycles. The minimum absolute atomic E-state index is 0.191. The van der Waals surface area contributed by atoms with E-state index in [0.29, 0.717) is 29.4 Å². The molecule has 222 valence electrons. The van der Waals surface area contributed by atoms with Crippen LogP contribution in [0.4, 0.5) is 26.7 Å². The molecule has 11 nitrogen and oxygen atoms in total. The number of rotatable bonds is 8. The average Bonchev–Trinajstić information content (AvgIpc) is 2.99. The van der Waals surface area contributed by atoms with Gasteiger partial charge in [0.05, 0.1) is 37.6 Å². The van der Waals surface area contributed by atoms with Gasteiger partial charge in [-0.05, 0) is 55.5 Å². The second kappa shape index (κ2) is 13.7. The number of amides is 5. The van der Waals surface area contributed by atoms with Crippen LogP contribution in [-0.4, -0.2) is 78.9 Å². The number of carbonyl (C=O) groups excluding carboxylic acids is 3. The van der Waals surface area contributed by atoms with Crippen molar-refractivity contribution >= 4 is 35.0 Å². The highest BCUT2D eigenvalue weighted by Gasteiger charge is 2.35. The summed E-state index contributed by atoms with van der Waals surface area (Å²) in [4.78, 5) is 42.7. The maximum atomic E-state index is 13.7. The molecule has 4 N–H and O–H groups in total. The van der Waals surface area contributed by atoms with Crippen LogP contribution in [0.1, 0.15) is 24.2 Å². The standard InChI is InChI=1S/C31H37N5O6/c1-20-17-36(21(2)19-37)29(38)25-11-8-12-26(34-30(39)32-23-13-15-24(41-4)16-14-23)28(25)42-27(20)18-35(3)31(40)33-22-9-6-5-7-10-22/h5-16,20-21,27,37H,17-19H2,1-4H3,(H,33,40)(H2,32,34,39)/t20-,21+,27-/m0/s1. The lowest BCUT2D eigenvalue weighted by Gasteiger charge is -2.38. The number of nitrogens with zero attached hydrogens (tertiary/aromatic N) is 2. The van der Waals surface area contributed by atoms with Gasteiger partial charge in [-0.15, -0.1) is 0 Å². The number of anilines is 3. The Hall–Kier alpha value is -4.77. The molecule has 3 atom stereocenters. The monoisotopic (exact) mass is 575 g/mol. The maximum Gasteiger partial charge on any atom is 0.323 e. The third-order valence-electron chi connectivity index (χ3n) is 7.11. The number of nitrogens with one attached hydrogen (secondary N) is 3. The van der Waals surface area contributed by atoms with Gasteiger partial charge in [0.1, 0.15) is 11.9 Å². The van der Waals surface area contributed by atoms with Crippen LogP contribution in [0.2, 0.25) is 0 Å². The molecular formula is C31H37N5O6. The van der Waals surface area contributed by atoms with Crippen LogP contribution < -0.4 is 25.4 Å². The van der Waals surface area contributed by atoms with E-state index in [2.05, 4.69) is 16.0 Å². The van der Waals surface area contributed by atoms with Crippen LogP contribution in [0.3, 0.4) is 0 Å². The molecule has 1 aliphatic rings. The van der Waals surface area contributed by atoms with E-state index >= 15 is 0 Å². The fourth-order valence-electron chi connectivity index (χ4n) is 4.61. The molecule has 0 aliphatic carbocycles. The van der Waals surface area contributed by atoms with Gasteiger partial charge in [0.25, 0.3) is 5.91 Å². The molecule has 0 unspecified atom stereocenters. The zero-order valence-corrected chi connectivity index (χ0v) is 24.2. The van der Waals surface area contributed by atoms with E-state index in [1.165, 1.54) is 4.90 Å². The van der Waals surface area contributed by atoms with Gasteiger partial charge in [0.15, 0.2) is 5.75 Å². The number of aliphatic hydroxyl groups is 1. The fraction of sp³-hybridized carbons (Fsp3) is 0.323. The van der Waals surface area contributed by atoms with Gasteiger partial charge in [-0.25, -0.2) is 9.59 Å². The molecule has 11 heteroatoms. The van der Waals surface area contributed by atoms with Gasteiger partial charge < -0.3 is 40.3 Å². The first kappa shape index (κ1) is 30.2. The molecule has 0 spiro atoms. The first-order valence-corrected chi connectivity index (χ1v) is 13.7. The van der Waals surface area contributed by atoms with Crippen LogP contribution in [0.15, 0.2) is 72.8 Å². The lowest BCUT2D eigenvalue weighted by atomic mass is 9.99. The average molecular weight is 576 g/mol. The summed E-state index contributed by atoms with van der Waals surface area (Å²) in [7, 11) is 3.23. The number of hydrogen-bond donors (Lipinski definition) is 4. The van der Waals surface area contributed by atoms with Gasteiger partial charge in [-0.1, -0.05) is 31.2 Å². The fourth-order valence-corrected chi connectivity index (χ4v) is 4.61. The molecule has 5 amide bonds. The van der Waals surface area contributed by atoms with Crippen LogP contribution in [-0.2, 0) is 0 Å². The Morgan fingerprint density at radius 1 is 1.02 bits per heavy atom. The van der Waals surface area contributed by atoms with Crippen molar-refractivity contribution in [2.24, 2.45) is 5.92 Å². The molecule has 1 aliphatic heterocycles. The number of ether oxygens (including phenoxy) is 2. The molecular weight excluding hydrogens is 538 g/mol. The number of benzene rings is 3. The molecule has 4 rings (SSSR count). The van der Waals surface area contributed by atoms with Gasteiger partial charge in [-0.3, -0.25) is 4.79 Å². The summed E-state index contributed by atoms with van der Waals surface area (Å²) in [6.45, 7) is 3.97. The Labute approximate surface area is 245 Å². The zero-order valence-electron chi connectivity index (χ0n) is 24.2. The lowest BCUT2D eigenvalue weighted by molar-refractivity contribution is 0.0373. The topological polar surface area (TPSA) is 132 Å². The highest BCUT2D eigenvalue weighted by Crippen LogP contribution is 2.35. The summed E-state index contributed by atoms with van der Waals surface area (Å²) in [5.41, 5.74) is 1.74. The minimum atomic E-state index is -0.552. The van der Waals surface area contributed by atoms with Gasteiger partial charge in [-0.2, -0.15) is 0 Å². The predicted molar refractivity (Wildman–Crippen MR) is 161 cm³/mol. The minimum Gasteiger partial charge on any atom is -0.497 e. The number of aliphatic hydroxyl groups excluding tert-OH is 1. The van der Waals surface area contributed by atoms with Crippen molar-refractivity contribution in [3.8, 4) is 11.5 Å². The van der Waals surface area contributed by atoms with Crippen molar-refractivity contribution in [1.29, 1.82) is 0 Å². The number of urea groups is 2. The highest BCUT2D eigenvalue weighted by molar-refractivity contribution is 6.04. The summed E-state index contributed by atoms with van der Waals surface area (Å²) in [6, 6.07) is 19.6. The van der Waals surface area contributed by atoms with Crippen LogP contribution in [0.25, 0.3) is 0 Å². The molecule has 42 heavy (non-hydrogen) atoms.